The van der Waals surface area contributed by atoms with Crippen LogP contribution in [0.2, 0.25) is 0 Å². The summed E-state index contributed by atoms with van der Waals surface area (Å²) in [6.07, 6.45) is 3.18. The van der Waals surface area contributed by atoms with Gasteiger partial charge in [-0.1, -0.05) is 11.6 Å². The number of hydrazine groups is 1. The van der Waals surface area contributed by atoms with Crippen LogP contribution in [-0.2, 0) is 4.79 Å². The van der Waals surface area contributed by atoms with E-state index in [9.17, 15) is 9.18 Å². The van der Waals surface area contributed by atoms with Gasteiger partial charge in [0.2, 0.25) is 0 Å². The second kappa shape index (κ2) is 4.33. The molecule has 0 spiro atoms. The maximum Gasteiger partial charge on any atom is 0.273 e. The minimum atomic E-state index is -0.427. The van der Waals surface area contributed by atoms with Crippen molar-refractivity contribution in [1.82, 2.24) is 10.9 Å². The normalized spacial score (nSPS) is 25.0. The Bertz CT molecular complexity index is 711. The first-order valence-corrected chi connectivity index (χ1v) is 6.78. The molecule has 3 N–H and O–H groups in total. The van der Waals surface area contributed by atoms with Crippen LogP contribution in [0.25, 0.3) is 0 Å². The quantitative estimate of drug-likeness (QED) is 0.787. The van der Waals surface area contributed by atoms with Gasteiger partial charge in [-0.05, 0) is 18.6 Å². The first kappa shape index (κ1) is 12.4. The molecule has 0 radical (unpaired) electrons. The molecule has 3 aliphatic rings. The average molecular weight is 287 g/mol. The smallest absolute Gasteiger partial charge is 0.273 e. The highest BCUT2D eigenvalue weighted by Crippen LogP contribution is 2.50. The van der Waals surface area contributed by atoms with Crippen molar-refractivity contribution in [1.29, 1.82) is 0 Å². The van der Waals surface area contributed by atoms with Gasteiger partial charge in [0.15, 0.2) is 0 Å². The summed E-state index contributed by atoms with van der Waals surface area (Å²) in [6.45, 7) is 0. The molecule has 6 heteroatoms. The standard InChI is InChI=1S/C15H14FN3O2/c1-21-12-3-2-8(16)6-11(12)17-15(20)14-10-5-7-4-9(7)13(10)18-19-14/h2-3,5-6,9,13,18-19H,4H2,1H3,(H,17,20). The lowest BCUT2D eigenvalue weighted by molar-refractivity contribution is -0.113. The highest BCUT2D eigenvalue weighted by Gasteiger charge is 2.48. The van der Waals surface area contributed by atoms with E-state index >= 15 is 0 Å². The lowest BCUT2D eigenvalue weighted by Gasteiger charge is -2.11. The van der Waals surface area contributed by atoms with Gasteiger partial charge >= 0.3 is 0 Å². The number of rotatable bonds is 3. The number of nitrogens with one attached hydrogen (secondary N) is 3. The van der Waals surface area contributed by atoms with Crippen molar-refractivity contribution in [3.63, 3.8) is 0 Å². The molecule has 1 heterocycles. The summed E-state index contributed by atoms with van der Waals surface area (Å²) >= 11 is 0. The molecule has 2 aliphatic carbocycles. The second-order valence-electron chi connectivity index (χ2n) is 5.41. The lowest BCUT2D eigenvalue weighted by atomic mass is 10.1. The third-order valence-corrected chi connectivity index (χ3v) is 4.13. The number of carbonyl (C=O) groups is 1. The Morgan fingerprint density at radius 1 is 1.48 bits per heavy atom. The van der Waals surface area contributed by atoms with Gasteiger partial charge in [-0.3, -0.25) is 4.79 Å². The minimum Gasteiger partial charge on any atom is -0.495 e. The van der Waals surface area contributed by atoms with E-state index in [1.165, 1.54) is 30.9 Å². The third kappa shape index (κ3) is 1.91. The molecule has 21 heavy (non-hydrogen) atoms. The number of amides is 1. The fourth-order valence-electron chi connectivity index (χ4n) is 2.98. The van der Waals surface area contributed by atoms with Gasteiger partial charge < -0.3 is 15.5 Å². The second-order valence-corrected chi connectivity index (χ2v) is 5.41. The molecule has 1 aliphatic heterocycles. The summed E-state index contributed by atoms with van der Waals surface area (Å²) in [6, 6.07) is 4.21. The van der Waals surface area contributed by atoms with Crippen LogP contribution in [-0.4, -0.2) is 19.1 Å². The predicted molar refractivity (Wildman–Crippen MR) is 74.9 cm³/mol. The van der Waals surface area contributed by atoms with Crippen molar-refractivity contribution >= 4 is 11.6 Å². The van der Waals surface area contributed by atoms with Gasteiger partial charge in [0.1, 0.15) is 17.3 Å². The van der Waals surface area contributed by atoms with Crippen LogP contribution in [0.5, 0.6) is 5.75 Å². The molecule has 1 fully saturated rings. The summed E-state index contributed by atoms with van der Waals surface area (Å²) in [7, 11) is 1.48. The third-order valence-electron chi connectivity index (χ3n) is 4.13. The van der Waals surface area contributed by atoms with Crippen molar-refractivity contribution in [2.75, 3.05) is 12.4 Å². The van der Waals surface area contributed by atoms with E-state index in [0.717, 1.165) is 12.0 Å². The molecule has 1 aromatic carbocycles. The van der Waals surface area contributed by atoms with Crippen LogP contribution in [0.3, 0.4) is 0 Å². The first-order valence-electron chi connectivity index (χ1n) is 6.78. The van der Waals surface area contributed by atoms with Crippen LogP contribution in [0.15, 0.2) is 41.1 Å². The zero-order valence-corrected chi connectivity index (χ0v) is 11.4. The summed E-state index contributed by atoms with van der Waals surface area (Å²) < 4.78 is 18.5. The predicted octanol–water partition coefficient (Wildman–Crippen LogP) is 1.46. The highest BCUT2D eigenvalue weighted by atomic mass is 19.1. The lowest BCUT2D eigenvalue weighted by Crippen LogP contribution is -2.35. The molecule has 1 amide bonds. The Labute approximate surface area is 120 Å². The largest absolute Gasteiger partial charge is 0.495 e. The average Bonchev–Trinajstić information content (AvgIpc) is 2.94. The van der Waals surface area contributed by atoms with Crippen molar-refractivity contribution < 1.29 is 13.9 Å². The molecule has 5 nitrogen and oxygen atoms in total. The van der Waals surface area contributed by atoms with E-state index < -0.39 is 5.82 Å². The van der Waals surface area contributed by atoms with E-state index in [-0.39, 0.29) is 11.9 Å². The molecule has 0 saturated heterocycles. The van der Waals surface area contributed by atoms with Gasteiger partial charge in [-0.25, -0.2) is 9.82 Å². The molecule has 0 aromatic heterocycles. The van der Waals surface area contributed by atoms with Crippen molar-refractivity contribution in [2.24, 2.45) is 5.92 Å². The van der Waals surface area contributed by atoms with Crippen LogP contribution in [0, 0.1) is 11.7 Å². The van der Waals surface area contributed by atoms with Crippen molar-refractivity contribution in [3.05, 3.63) is 46.9 Å². The van der Waals surface area contributed by atoms with Crippen LogP contribution in [0.1, 0.15) is 6.42 Å². The fraction of sp³-hybridized carbons (Fsp3) is 0.267. The van der Waals surface area contributed by atoms with Crippen LogP contribution < -0.4 is 20.9 Å². The monoisotopic (exact) mass is 287 g/mol. The molecular weight excluding hydrogens is 273 g/mol. The van der Waals surface area contributed by atoms with Crippen LogP contribution >= 0.6 is 0 Å². The van der Waals surface area contributed by atoms with E-state index in [4.69, 9.17) is 4.74 Å². The number of carbonyl (C=O) groups excluding carboxylic acids is 1. The Morgan fingerprint density at radius 2 is 2.33 bits per heavy atom. The van der Waals surface area contributed by atoms with E-state index in [0.29, 0.717) is 23.1 Å². The molecule has 4 rings (SSSR count). The van der Waals surface area contributed by atoms with Gasteiger partial charge in [-0.15, -0.1) is 0 Å². The summed E-state index contributed by atoms with van der Waals surface area (Å²) in [4.78, 5) is 12.4. The fourth-order valence-corrected chi connectivity index (χ4v) is 2.98. The minimum absolute atomic E-state index is 0.190. The Kier molecular flexibility index (Phi) is 2.56. The zero-order valence-electron chi connectivity index (χ0n) is 11.4. The molecule has 2 unspecified atom stereocenters. The maximum atomic E-state index is 13.3. The summed E-state index contributed by atoms with van der Waals surface area (Å²) in [5.41, 5.74) is 9.23. The Balaban J connectivity index is 1.61. The summed E-state index contributed by atoms with van der Waals surface area (Å²) in [5.74, 6) is 0.220. The van der Waals surface area contributed by atoms with Gasteiger partial charge in [0.05, 0.1) is 18.8 Å². The number of hydrogen-bond acceptors (Lipinski definition) is 4. The number of fused-ring (bicyclic) bond motifs is 3. The van der Waals surface area contributed by atoms with Crippen molar-refractivity contribution in [3.8, 4) is 5.75 Å². The van der Waals surface area contributed by atoms with Crippen LogP contribution in [0.4, 0.5) is 10.1 Å². The first-order chi connectivity index (χ1) is 10.2. The van der Waals surface area contributed by atoms with E-state index in [2.05, 4.69) is 22.2 Å². The number of hydrogen-bond donors (Lipinski definition) is 3. The number of ether oxygens (including phenoxy) is 1. The van der Waals surface area contributed by atoms with E-state index in [1.807, 2.05) is 0 Å². The molecule has 2 atom stereocenters. The number of halogens is 1. The topological polar surface area (TPSA) is 62.4 Å². The maximum absolute atomic E-state index is 13.3. The highest BCUT2D eigenvalue weighted by molar-refractivity contribution is 6.05. The Morgan fingerprint density at radius 3 is 3.14 bits per heavy atom. The molecule has 1 aromatic rings. The van der Waals surface area contributed by atoms with E-state index in [1.54, 1.807) is 0 Å². The zero-order chi connectivity index (χ0) is 14.6. The summed E-state index contributed by atoms with van der Waals surface area (Å²) in [5, 5.41) is 2.69. The molecule has 108 valence electrons. The SMILES string of the molecule is COc1ccc(F)cc1NC(=O)C1=C2C=C3CC3C2NN1. The Hall–Kier alpha value is -2.34. The van der Waals surface area contributed by atoms with Gasteiger partial charge in [0.25, 0.3) is 5.91 Å². The molecule has 0 bridgehead atoms. The molecule has 1 saturated carbocycles. The van der Waals surface area contributed by atoms with Gasteiger partial charge in [-0.2, -0.15) is 0 Å². The van der Waals surface area contributed by atoms with Crippen molar-refractivity contribution in [2.45, 2.75) is 12.5 Å². The number of benzene rings is 1. The number of anilines is 1. The number of methoxy groups -OCH3 is 1. The van der Waals surface area contributed by atoms with Gasteiger partial charge in [0, 0.05) is 17.6 Å². The molecular formula is C15H14FN3O2.